The van der Waals surface area contributed by atoms with Crippen molar-refractivity contribution in [2.45, 2.75) is 44.9 Å². The van der Waals surface area contributed by atoms with Gasteiger partial charge in [0, 0.05) is 17.3 Å². The lowest BCUT2D eigenvalue weighted by Gasteiger charge is -2.20. The van der Waals surface area contributed by atoms with Crippen LogP contribution in [0.4, 0.5) is 22.0 Å². The van der Waals surface area contributed by atoms with Gasteiger partial charge in [-0.3, -0.25) is 19.3 Å². The summed E-state index contributed by atoms with van der Waals surface area (Å²) >= 11 is 0. The molecule has 266 valence electrons. The molecule has 1 aromatic heterocycles. The van der Waals surface area contributed by atoms with E-state index >= 15 is 0 Å². The van der Waals surface area contributed by atoms with E-state index in [0.717, 1.165) is 23.0 Å². The number of carboxylic acid groups (broad SMARTS) is 1. The van der Waals surface area contributed by atoms with Crippen LogP contribution in [0, 0.1) is 11.6 Å². The molecule has 2 N–H and O–H groups in total. The van der Waals surface area contributed by atoms with Gasteiger partial charge >= 0.3 is 18.1 Å². The van der Waals surface area contributed by atoms with Crippen molar-refractivity contribution in [1.29, 1.82) is 0 Å². The molecule has 0 spiro atoms. The molecule has 0 saturated heterocycles. The van der Waals surface area contributed by atoms with Gasteiger partial charge in [0.2, 0.25) is 5.91 Å². The summed E-state index contributed by atoms with van der Waals surface area (Å²) in [6.45, 7) is 2.83. The van der Waals surface area contributed by atoms with Gasteiger partial charge in [-0.25, -0.2) is 23.5 Å². The van der Waals surface area contributed by atoms with Gasteiger partial charge in [-0.1, -0.05) is 19.1 Å². The molecule has 0 aliphatic carbocycles. The molecular weight excluding hydrogens is 683 g/mol. The average molecular weight is 713 g/mol. The molecular formula is C34H29F5N6O6. The number of imidazole rings is 1. The monoisotopic (exact) mass is 712 g/mol. The van der Waals surface area contributed by atoms with Crippen LogP contribution in [0.1, 0.15) is 43.9 Å². The average Bonchev–Trinajstić information content (AvgIpc) is 3.52. The van der Waals surface area contributed by atoms with Crippen LogP contribution in [0.2, 0.25) is 0 Å². The number of amides is 1. The van der Waals surface area contributed by atoms with Crippen LogP contribution < -0.4 is 10.1 Å². The highest BCUT2D eigenvalue weighted by Crippen LogP contribution is 2.39. The van der Waals surface area contributed by atoms with Crippen LogP contribution in [0.5, 0.6) is 5.75 Å². The normalized spacial score (nSPS) is 12.7. The second-order valence-electron chi connectivity index (χ2n) is 11.2. The highest BCUT2D eigenvalue weighted by Gasteiger charge is 2.35. The lowest BCUT2D eigenvalue weighted by Crippen LogP contribution is -2.38. The number of pyridine rings is 1. The summed E-state index contributed by atoms with van der Waals surface area (Å²) in [6, 6.07) is 7.01. The van der Waals surface area contributed by atoms with E-state index in [9.17, 15) is 36.3 Å². The van der Waals surface area contributed by atoms with Crippen LogP contribution in [0.3, 0.4) is 0 Å². The van der Waals surface area contributed by atoms with Crippen LogP contribution in [0.15, 0.2) is 67.1 Å². The third kappa shape index (κ3) is 8.42. The Morgan fingerprint density at radius 3 is 2.41 bits per heavy atom. The lowest BCUT2D eigenvalue weighted by molar-refractivity contribution is -0.148. The fourth-order valence-electron chi connectivity index (χ4n) is 4.89. The summed E-state index contributed by atoms with van der Waals surface area (Å²) in [5.74, 6) is -5.33. The first kappa shape index (κ1) is 36.3. The minimum Gasteiger partial charge on any atom is -0.494 e. The number of hydrogen-bond acceptors (Lipinski definition) is 9. The Hall–Kier alpha value is -6.00. The maximum absolute atomic E-state index is 14.5. The predicted molar refractivity (Wildman–Crippen MR) is 169 cm³/mol. The molecule has 17 heteroatoms. The number of benzene rings is 2. The number of nitrogens with zero attached hydrogens (tertiary/aromatic N) is 5. The molecule has 2 aliphatic rings. The number of carbonyl (C=O) groups excluding carboxylic acids is 2. The first-order valence-corrected chi connectivity index (χ1v) is 15.4. The van der Waals surface area contributed by atoms with Crippen LogP contribution in [0.25, 0.3) is 34.0 Å². The van der Waals surface area contributed by atoms with E-state index in [1.807, 2.05) is 6.92 Å². The summed E-state index contributed by atoms with van der Waals surface area (Å²) in [6.07, 6.45) is -0.889. The van der Waals surface area contributed by atoms with Crippen LogP contribution >= 0.6 is 0 Å². The van der Waals surface area contributed by atoms with E-state index in [4.69, 9.17) is 14.6 Å². The molecule has 0 bridgehead atoms. The number of nitrogens with one attached hydrogen (secondary N) is 1. The van der Waals surface area contributed by atoms with Gasteiger partial charge in [0.1, 0.15) is 29.8 Å². The number of esters is 1. The van der Waals surface area contributed by atoms with E-state index in [-0.39, 0.29) is 58.4 Å². The molecule has 3 heterocycles. The SMILES string of the molecule is CCCOc1ccc(-c2ccc(C(C(=O)OCCC(=O)NC(C)C(=O)O)n3cc4nc(-c5cccc(F)c5F)nc-4cn3)cn2)c(C(F)(F)F)c1. The van der Waals surface area contributed by atoms with E-state index < -0.39 is 59.9 Å². The molecule has 51 heavy (non-hydrogen) atoms. The van der Waals surface area contributed by atoms with Crippen LogP contribution in [-0.4, -0.2) is 66.9 Å². The van der Waals surface area contributed by atoms with E-state index in [1.54, 1.807) is 0 Å². The molecule has 2 aliphatic heterocycles. The van der Waals surface area contributed by atoms with Gasteiger partial charge in [0.05, 0.1) is 42.2 Å². The maximum Gasteiger partial charge on any atom is 0.417 e. The van der Waals surface area contributed by atoms with Crippen LogP contribution in [-0.2, 0) is 25.3 Å². The van der Waals surface area contributed by atoms with Crippen molar-refractivity contribution >= 4 is 17.8 Å². The third-order valence-corrected chi connectivity index (χ3v) is 7.43. The highest BCUT2D eigenvalue weighted by molar-refractivity contribution is 5.84. The Morgan fingerprint density at radius 1 is 0.961 bits per heavy atom. The fraction of sp³-hybridized carbons (Fsp3) is 0.265. The quantitative estimate of drug-likeness (QED) is 0.115. The second-order valence-corrected chi connectivity index (χ2v) is 11.2. The number of alkyl halides is 3. The van der Waals surface area contributed by atoms with Crippen molar-refractivity contribution in [3.05, 3.63) is 89.9 Å². The number of carboxylic acids is 1. The van der Waals surface area contributed by atoms with Gasteiger partial charge < -0.3 is 19.9 Å². The standard InChI is InChI=1S/C34H29F5N6O6/c1-3-12-50-20-8-9-21(23(14-20)34(37,38)39)25-10-7-19(15-40-25)30(33(49)51-13-11-28(46)42-18(2)32(47)48)45-17-27-26(16-41-45)43-31(44-27)22-5-4-6-24(35)29(22)36/h4-10,14-18,30H,3,11-13H2,1-2H3,(H,42,46)(H,47,48). The summed E-state index contributed by atoms with van der Waals surface area (Å²) in [5, 5.41) is 15.5. The minimum absolute atomic E-state index is 0.0372. The number of aromatic nitrogens is 5. The minimum atomic E-state index is -4.74. The summed E-state index contributed by atoms with van der Waals surface area (Å²) in [5.41, 5.74) is -1.11. The Bertz CT molecular complexity index is 2020. The maximum atomic E-state index is 14.5. The Morgan fingerprint density at radius 2 is 1.73 bits per heavy atom. The molecule has 2 atom stereocenters. The largest absolute Gasteiger partial charge is 0.494 e. The molecule has 0 saturated carbocycles. The zero-order valence-electron chi connectivity index (χ0n) is 26.9. The third-order valence-electron chi connectivity index (χ3n) is 7.43. The van der Waals surface area contributed by atoms with Gasteiger partial charge in [-0.2, -0.15) is 18.3 Å². The topological polar surface area (TPSA) is 158 Å². The summed E-state index contributed by atoms with van der Waals surface area (Å²) in [4.78, 5) is 49.4. The number of aliphatic carboxylic acids is 1. The molecule has 0 fully saturated rings. The molecule has 3 aromatic rings. The van der Waals surface area contributed by atoms with Crippen molar-refractivity contribution in [3.63, 3.8) is 0 Å². The zero-order chi connectivity index (χ0) is 36.9. The molecule has 1 amide bonds. The van der Waals surface area contributed by atoms with Crippen molar-refractivity contribution in [2.75, 3.05) is 13.2 Å². The molecule has 2 unspecified atom stereocenters. The Labute approximate surface area is 286 Å². The number of rotatable bonds is 13. The van der Waals surface area contributed by atoms with Crippen molar-refractivity contribution in [3.8, 4) is 39.8 Å². The number of hydrogen-bond donors (Lipinski definition) is 2. The molecule has 2 aromatic carbocycles. The molecule has 0 radical (unpaired) electrons. The van der Waals surface area contributed by atoms with Crippen molar-refractivity contribution in [1.82, 2.24) is 30.0 Å². The zero-order valence-corrected chi connectivity index (χ0v) is 26.9. The summed E-state index contributed by atoms with van der Waals surface area (Å²) < 4.78 is 82.4. The van der Waals surface area contributed by atoms with E-state index in [0.29, 0.717) is 6.42 Å². The first-order chi connectivity index (χ1) is 24.3. The fourth-order valence-corrected chi connectivity index (χ4v) is 4.89. The number of carbonyl (C=O) groups is 3. The number of fused-ring (bicyclic) bond motifs is 1. The number of ether oxygens (including phenoxy) is 2. The Balaban J connectivity index is 1.48. The van der Waals surface area contributed by atoms with Gasteiger partial charge in [0.25, 0.3) is 0 Å². The van der Waals surface area contributed by atoms with Crippen molar-refractivity contribution < 1.29 is 50.9 Å². The lowest BCUT2D eigenvalue weighted by atomic mass is 10.0. The van der Waals surface area contributed by atoms with Crippen molar-refractivity contribution in [2.24, 2.45) is 0 Å². The first-order valence-electron chi connectivity index (χ1n) is 15.4. The second kappa shape index (κ2) is 15.3. The highest BCUT2D eigenvalue weighted by atomic mass is 19.4. The van der Waals surface area contributed by atoms with Gasteiger partial charge in [0.15, 0.2) is 23.5 Å². The van der Waals surface area contributed by atoms with Gasteiger partial charge in [-0.15, -0.1) is 0 Å². The van der Waals surface area contributed by atoms with E-state index in [1.165, 1.54) is 55.7 Å². The number of halogens is 5. The smallest absolute Gasteiger partial charge is 0.417 e. The summed E-state index contributed by atoms with van der Waals surface area (Å²) in [7, 11) is 0. The van der Waals surface area contributed by atoms with E-state index in [2.05, 4.69) is 25.4 Å². The predicted octanol–water partition coefficient (Wildman–Crippen LogP) is 5.70. The molecule has 5 rings (SSSR count). The van der Waals surface area contributed by atoms with Gasteiger partial charge in [-0.05, 0) is 49.7 Å². The molecule has 12 nitrogen and oxygen atoms in total. The Kier molecular flexibility index (Phi) is 10.9.